The van der Waals surface area contributed by atoms with E-state index < -0.39 is 17.7 Å². The van der Waals surface area contributed by atoms with Crippen molar-refractivity contribution < 1.29 is 18.0 Å². The minimum Gasteiger partial charge on any atom is -0.438 e. The quantitative estimate of drug-likeness (QED) is 0.392. The van der Waals surface area contributed by atoms with Crippen LogP contribution in [-0.2, 0) is 0 Å². The molecule has 0 spiro atoms. The summed E-state index contributed by atoms with van der Waals surface area (Å²) in [6, 6.07) is 16.3. The molecule has 0 radical (unpaired) electrons. The molecule has 0 aliphatic carbocycles. The molecule has 4 aromatic rings. The number of likely N-dealkylation sites (tertiary alicyclic amines) is 1. The monoisotopic (exact) mass is 462 g/mol. The van der Waals surface area contributed by atoms with Crippen LogP contribution >= 0.6 is 0 Å². The third kappa shape index (κ3) is 4.19. The summed E-state index contributed by atoms with van der Waals surface area (Å²) in [5, 5.41) is 2.53. The van der Waals surface area contributed by atoms with Crippen molar-refractivity contribution in [3.8, 4) is 11.1 Å². The molecule has 34 heavy (non-hydrogen) atoms. The molecule has 0 bridgehead atoms. The summed E-state index contributed by atoms with van der Waals surface area (Å²) in [6.45, 7) is 0.488. The number of anilines is 2. The van der Waals surface area contributed by atoms with Crippen molar-refractivity contribution in [1.82, 2.24) is 9.88 Å². The number of hydrogen-bond acceptors (Lipinski definition) is 4. The Morgan fingerprint density at radius 2 is 1.82 bits per heavy atom. The summed E-state index contributed by atoms with van der Waals surface area (Å²) in [5.41, 5.74) is 4.49. The Kier molecular flexibility index (Phi) is 5.65. The molecule has 1 atom stereocenters. The summed E-state index contributed by atoms with van der Waals surface area (Å²) < 4.78 is 33.2. The Morgan fingerprint density at radius 3 is 2.56 bits per heavy atom. The van der Waals surface area contributed by atoms with E-state index in [-0.39, 0.29) is 11.7 Å². The Hall–Kier alpha value is -3.94. The summed E-state index contributed by atoms with van der Waals surface area (Å²) in [6.07, 6.45) is 1.46. The van der Waals surface area contributed by atoms with Gasteiger partial charge in [-0.05, 0) is 60.4 Å². The topological polar surface area (TPSA) is 61.6 Å². The largest absolute Gasteiger partial charge is 0.438 e. The molecule has 6 nitrogen and oxygen atoms in total. The number of nitrogens with one attached hydrogen (secondary N) is 1. The zero-order valence-electron chi connectivity index (χ0n) is 18.9. The molecule has 8 heteroatoms. The van der Waals surface area contributed by atoms with Crippen molar-refractivity contribution >= 4 is 28.5 Å². The first-order valence-corrected chi connectivity index (χ1v) is 11.1. The average molecular weight is 463 g/mol. The maximum atomic E-state index is 14.0. The molecule has 1 saturated heterocycles. The second-order valence-corrected chi connectivity index (χ2v) is 8.58. The minimum atomic E-state index is -0.822. The van der Waals surface area contributed by atoms with Crippen molar-refractivity contribution in [3.05, 3.63) is 78.2 Å². The highest BCUT2D eigenvalue weighted by molar-refractivity contribution is 5.90. The van der Waals surface area contributed by atoms with Crippen molar-refractivity contribution in [2.45, 2.75) is 18.9 Å². The lowest BCUT2D eigenvalue weighted by Gasteiger charge is -2.22. The Bertz CT molecular complexity index is 1350. The van der Waals surface area contributed by atoms with Crippen LogP contribution in [0.15, 0.2) is 65.1 Å². The highest BCUT2D eigenvalue weighted by atomic mass is 19.1. The molecule has 1 aromatic heterocycles. The van der Waals surface area contributed by atoms with Gasteiger partial charge < -0.3 is 19.5 Å². The summed E-state index contributed by atoms with van der Waals surface area (Å²) in [5.74, 6) is -1.08. The molecule has 174 valence electrons. The lowest BCUT2D eigenvalue weighted by molar-refractivity contribution is 0.198. The Labute approximate surface area is 195 Å². The number of rotatable bonds is 4. The van der Waals surface area contributed by atoms with Crippen LogP contribution in [0, 0.1) is 11.6 Å². The maximum absolute atomic E-state index is 14.0. The Morgan fingerprint density at radius 1 is 1.06 bits per heavy atom. The van der Waals surface area contributed by atoms with E-state index in [9.17, 15) is 13.6 Å². The first-order valence-electron chi connectivity index (χ1n) is 11.1. The molecular weight excluding hydrogens is 438 g/mol. The van der Waals surface area contributed by atoms with E-state index in [1.54, 1.807) is 4.90 Å². The first kappa shape index (κ1) is 21.9. The van der Waals surface area contributed by atoms with Crippen LogP contribution in [0.2, 0.25) is 0 Å². The second-order valence-electron chi connectivity index (χ2n) is 8.58. The van der Waals surface area contributed by atoms with Gasteiger partial charge in [0.25, 0.3) is 0 Å². The molecule has 0 unspecified atom stereocenters. The number of carbonyl (C=O) groups is 1. The van der Waals surface area contributed by atoms with Crippen LogP contribution in [0.4, 0.5) is 25.0 Å². The van der Waals surface area contributed by atoms with E-state index in [0.717, 1.165) is 35.4 Å². The molecule has 5 rings (SSSR count). The van der Waals surface area contributed by atoms with Gasteiger partial charge in [-0.25, -0.2) is 18.6 Å². The van der Waals surface area contributed by atoms with E-state index in [2.05, 4.69) is 34.6 Å². The van der Waals surface area contributed by atoms with Gasteiger partial charge in [-0.2, -0.15) is 0 Å². The number of nitrogens with zero attached hydrogens (tertiary/aromatic N) is 3. The number of benzene rings is 3. The summed E-state index contributed by atoms with van der Waals surface area (Å²) in [7, 11) is 4.00. The van der Waals surface area contributed by atoms with Gasteiger partial charge in [0, 0.05) is 32.4 Å². The molecule has 2 heterocycles. The number of fused-ring (bicyclic) bond motifs is 1. The predicted octanol–water partition coefficient (Wildman–Crippen LogP) is 6.21. The number of hydrogen-bond donors (Lipinski definition) is 1. The van der Waals surface area contributed by atoms with Crippen LogP contribution in [0.25, 0.3) is 22.2 Å². The average Bonchev–Trinajstić information content (AvgIpc) is 3.47. The highest BCUT2D eigenvalue weighted by Gasteiger charge is 2.34. The SMILES string of the molecule is CN(C)c1ccc(-c2ccc3oc([C@@H]4CCCN4C(=O)Nc4ccc(F)cc4F)nc3c2)cc1. The van der Waals surface area contributed by atoms with Crippen LogP contribution < -0.4 is 10.2 Å². The van der Waals surface area contributed by atoms with Crippen LogP contribution in [0.1, 0.15) is 24.8 Å². The fourth-order valence-corrected chi connectivity index (χ4v) is 4.26. The minimum absolute atomic E-state index is 0.0699. The van der Waals surface area contributed by atoms with E-state index in [4.69, 9.17) is 4.42 Å². The smallest absolute Gasteiger partial charge is 0.322 e. The van der Waals surface area contributed by atoms with Gasteiger partial charge >= 0.3 is 6.03 Å². The highest BCUT2D eigenvalue weighted by Crippen LogP contribution is 2.35. The van der Waals surface area contributed by atoms with Gasteiger partial charge in [0.15, 0.2) is 5.58 Å². The van der Waals surface area contributed by atoms with Crippen LogP contribution in [0.5, 0.6) is 0 Å². The van der Waals surface area contributed by atoms with E-state index >= 15 is 0 Å². The van der Waals surface area contributed by atoms with Crippen molar-refractivity contribution in [2.75, 3.05) is 30.9 Å². The third-order valence-electron chi connectivity index (χ3n) is 6.09. The van der Waals surface area contributed by atoms with Crippen molar-refractivity contribution in [2.24, 2.45) is 0 Å². The second kappa shape index (κ2) is 8.78. The fourth-order valence-electron chi connectivity index (χ4n) is 4.26. The van der Waals surface area contributed by atoms with Crippen LogP contribution in [-0.4, -0.2) is 36.6 Å². The van der Waals surface area contributed by atoms with E-state index in [0.29, 0.717) is 30.0 Å². The van der Waals surface area contributed by atoms with Gasteiger partial charge in [-0.3, -0.25) is 0 Å². The number of aromatic nitrogens is 1. The first-order chi connectivity index (χ1) is 16.4. The molecule has 1 N–H and O–H groups in total. The van der Waals surface area contributed by atoms with Gasteiger partial charge in [0.2, 0.25) is 5.89 Å². The predicted molar refractivity (Wildman–Crippen MR) is 128 cm³/mol. The molecule has 0 saturated carbocycles. The van der Waals surface area contributed by atoms with Gasteiger partial charge in [0.05, 0.1) is 5.69 Å². The fraction of sp³-hybridized carbons (Fsp3) is 0.231. The van der Waals surface area contributed by atoms with Gasteiger partial charge in [-0.1, -0.05) is 18.2 Å². The van der Waals surface area contributed by atoms with Gasteiger partial charge in [0.1, 0.15) is 23.2 Å². The number of carbonyl (C=O) groups excluding carboxylic acids is 1. The lowest BCUT2D eigenvalue weighted by Crippen LogP contribution is -2.34. The third-order valence-corrected chi connectivity index (χ3v) is 6.09. The normalized spacial score (nSPS) is 15.6. The molecule has 3 aromatic carbocycles. The standard InChI is InChI=1S/C26H24F2N4O2/c1-31(2)19-9-5-16(6-10-19)17-7-12-24-22(14-17)29-25(34-24)23-4-3-13-32(23)26(33)30-21-11-8-18(27)15-20(21)28/h5-12,14-15,23H,3-4,13H2,1-2H3,(H,30,33)/t23-/m0/s1. The molecule has 1 aliphatic rings. The molecule has 1 aliphatic heterocycles. The number of oxazole rings is 1. The van der Waals surface area contributed by atoms with E-state index in [1.165, 1.54) is 6.07 Å². The maximum Gasteiger partial charge on any atom is 0.322 e. The lowest BCUT2D eigenvalue weighted by atomic mass is 10.0. The van der Waals surface area contributed by atoms with E-state index in [1.807, 2.05) is 37.2 Å². The van der Waals surface area contributed by atoms with Gasteiger partial charge in [-0.15, -0.1) is 0 Å². The summed E-state index contributed by atoms with van der Waals surface area (Å²) in [4.78, 5) is 21.1. The zero-order valence-corrected chi connectivity index (χ0v) is 18.9. The molecule has 2 amide bonds. The zero-order chi connectivity index (χ0) is 23.8. The number of urea groups is 1. The van der Waals surface area contributed by atoms with Crippen molar-refractivity contribution in [3.63, 3.8) is 0 Å². The van der Waals surface area contributed by atoms with Crippen LogP contribution in [0.3, 0.4) is 0 Å². The van der Waals surface area contributed by atoms with Crippen molar-refractivity contribution in [1.29, 1.82) is 0 Å². The summed E-state index contributed by atoms with van der Waals surface area (Å²) >= 11 is 0. The number of halogens is 2. The number of amides is 2. The molecule has 1 fully saturated rings. The Balaban J connectivity index is 1.38. The molecular formula is C26H24F2N4O2.